The molecule has 0 aromatic rings. The number of nitrogens with zero attached hydrogens (tertiary/aromatic N) is 1. The molecule has 0 saturated heterocycles. The molecule has 0 saturated carbocycles. The largest absolute Gasteiger partial charge is 0.330 e. The molecule has 2 N–H and O–H groups in total. The van der Waals surface area contributed by atoms with Crippen LogP contribution in [0.4, 0.5) is 0 Å². The molecule has 72 valence electrons. The van der Waals surface area contributed by atoms with Crippen molar-refractivity contribution in [3.05, 3.63) is 0 Å². The summed E-state index contributed by atoms with van der Waals surface area (Å²) in [6.07, 6.45) is 9.62. The molecule has 0 rings (SSSR count). The molecular weight excluding hydrogens is 148 g/mol. The fraction of sp³-hybridized carbons (Fsp3) is 0.900. The van der Waals surface area contributed by atoms with Gasteiger partial charge in [0.25, 0.3) is 0 Å². The van der Waals surface area contributed by atoms with Crippen LogP contribution in [0.5, 0.6) is 0 Å². The van der Waals surface area contributed by atoms with Crippen molar-refractivity contribution in [2.24, 2.45) is 10.7 Å². The van der Waals surface area contributed by atoms with E-state index in [0.29, 0.717) is 0 Å². The fourth-order valence-electron chi connectivity index (χ4n) is 1.13. The second kappa shape index (κ2) is 10.6. The molecule has 2 nitrogen and oxygen atoms in total. The minimum atomic E-state index is 0.845. The van der Waals surface area contributed by atoms with Crippen LogP contribution in [0.3, 0.4) is 0 Å². The van der Waals surface area contributed by atoms with Crippen LogP contribution in [0, 0.1) is 0 Å². The second-order valence-electron chi connectivity index (χ2n) is 3.03. The molecule has 0 bridgehead atoms. The van der Waals surface area contributed by atoms with E-state index in [1.807, 2.05) is 6.21 Å². The Morgan fingerprint density at radius 2 is 1.75 bits per heavy atom. The van der Waals surface area contributed by atoms with Gasteiger partial charge in [0.15, 0.2) is 0 Å². The van der Waals surface area contributed by atoms with Crippen LogP contribution in [0.2, 0.25) is 0 Å². The molecule has 0 fully saturated rings. The maximum absolute atomic E-state index is 5.39. The zero-order chi connectivity index (χ0) is 9.07. The highest BCUT2D eigenvalue weighted by Crippen LogP contribution is 2.03. The zero-order valence-corrected chi connectivity index (χ0v) is 8.26. The van der Waals surface area contributed by atoms with E-state index in [9.17, 15) is 0 Å². The van der Waals surface area contributed by atoms with Crippen LogP contribution in [-0.4, -0.2) is 19.3 Å². The lowest BCUT2D eigenvalue weighted by Crippen LogP contribution is -1.97. The minimum Gasteiger partial charge on any atom is -0.330 e. The number of rotatable bonds is 8. The van der Waals surface area contributed by atoms with Gasteiger partial charge in [0.2, 0.25) is 0 Å². The van der Waals surface area contributed by atoms with Crippen molar-refractivity contribution in [3.8, 4) is 0 Å². The van der Waals surface area contributed by atoms with Crippen LogP contribution in [-0.2, 0) is 0 Å². The van der Waals surface area contributed by atoms with Crippen molar-refractivity contribution >= 4 is 6.21 Å². The third-order valence-electron chi connectivity index (χ3n) is 1.85. The molecule has 0 spiro atoms. The summed E-state index contributed by atoms with van der Waals surface area (Å²) >= 11 is 0. The normalized spacial score (nSPS) is 11.2. The number of unbranched alkanes of at least 4 members (excludes halogenated alkanes) is 5. The van der Waals surface area contributed by atoms with Gasteiger partial charge in [0, 0.05) is 6.54 Å². The smallest absolute Gasteiger partial charge is 0.0357 e. The highest BCUT2D eigenvalue weighted by molar-refractivity contribution is 5.56. The molecule has 0 aromatic heterocycles. The standard InChI is InChI=1S/C10H22N2/c1-2-12-10-8-6-4-3-5-7-9-11/h10H,2-9,11H2,1H3. The van der Waals surface area contributed by atoms with Crippen molar-refractivity contribution < 1.29 is 0 Å². The first-order valence-corrected chi connectivity index (χ1v) is 5.10. The van der Waals surface area contributed by atoms with Crippen molar-refractivity contribution in [3.63, 3.8) is 0 Å². The molecule has 0 aromatic carbocycles. The Hall–Kier alpha value is -0.370. The quantitative estimate of drug-likeness (QED) is 0.441. The van der Waals surface area contributed by atoms with Gasteiger partial charge in [-0.2, -0.15) is 0 Å². The molecule has 0 amide bonds. The van der Waals surface area contributed by atoms with E-state index in [4.69, 9.17) is 5.73 Å². The number of nitrogens with two attached hydrogens (primary N) is 1. The first-order chi connectivity index (χ1) is 5.91. The fourth-order valence-corrected chi connectivity index (χ4v) is 1.13. The number of hydrogen-bond donors (Lipinski definition) is 1. The monoisotopic (exact) mass is 170 g/mol. The van der Waals surface area contributed by atoms with Gasteiger partial charge in [-0.15, -0.1) is 0 Å². The molecule has 0 aliphatic rings. The first kappa shape index (κ1) is 11.6. The minimum absolute atomic E-state index is 0.845. The summed E-state index contributed by atoms with van der Waals surface area (Å²) < 4.78 is 0. The van der Waals surface area contributed by atoms with Crippen LogP contribution in [0.1, 0.15) is 45.4 Å². The molecule has 0 aliphatic heterocycles. The molecule has 0 radical (unpaired) electrons. The molecule has 2 heteroatoms. The van der Waals surface area contributed by atoms with Gasteiger partial charge in [0.05, 0.1) is 0 Å². The highest BCUT2D eigenvalue weighted by atomic mass is 14.7. The second-order valence-corrected chi connectivity index (χ2v) is 3.03. The van der Waals surface area contributed by atoms with E-state index in [0.717, 1.165) is 19.5 Å². The van der Waals surface area contributed by atoms with Crippen LogP contribution < -0.4 is 5.73 Å². The number of hydrogen-bond acceptors (Lipinski definition) is 2. The lowest BCUT2D eigenvalue weighted by molar-refractivity contribution is 0.628. The molecule has 0 unspecified atom stereocenters. The predicted molar refractivity (Wildman–Crippen MR) is 55.8 cm³/mol. The van der Waals surface area contributed by atoms with Crippen LogP contribution in [0.15, 0.2) is 4.99 Å². The molecule has 0 aliphatic carbocycles. The Kier molecular flexibility index (Phi) is 10.3. The maximum atomic E-state index is 5.39. The summed E-state index contributed by atoms with van der Waals surface area (Å²) in [4.78, 5) is 4.16. The average molecular weight is 170 g/mol. The van der Waals surface area contributed by atoms with E-state index in [2.05, 4.69) is 11.9 Å². The van der Waals surface area contributed by atoms with Crippen molar-refractivity contribution in [1.82, 2.24) is 0 Å². The molecular formula is C10H22N2. The summed E-state index contributed by atoms with van der Waals surface area (Å²) in [5.41, 5.74) is 5.39. The Balaban J connectivity index is 2.86. The van der Waals surface area contributed by atoms with E-state index in [1.54, 1.807) is 0 Å². The van der Waals surface area contributed by atoms with Gasteiger partial charge in [-0.25, -0.2) is 0 Å². The maximum Gasteiger partial charge on any atom is 0.0357 e. The Morgan fingerprint density at radius 3 is 2.42 bits per heavy atom. The van der Waals surface area contributed by atoms with E-state index in [-0.39, 0.29) is 0 Å². The average Bonchev–Trinajstić information content (AvgIpc) is 2.10. The molecule has 0 atom stereocenters. The third-order valence-corrected chi connectivity index (χ3v) is 1.85. The van der Waals surface area contributed by atoms with Gasteiger partial charge in [-0.3, -0.25) is 4.99 Å². The lowest BCUT2D eigenvalue weighted by Gasteiger charge is -1.96. The zero-order valence-electron chi connectivity index (χ0n) is 8.26. The lowest BCUT2D eigenvalue weighted by atomic mass is 10.1. The van der Waals surface area contributed by atoms with Gasteiger partial charge >= 0.3 is 0 Å². The predicted octanol–water partition coefficient (Wildman–Crippen LogP) is 2.38. The first-order valence-electron chi connectivity index (χ1n) is 5.10. The Labute approximate surface area is 76.3 Å². The van der Waals surface area contributed by atoms with Gasteiger partial charge < -0.3 is 5.73 Å². The highest BCUT2D eigenvalue weighted by Gasteiger charge is 1.87. The number of aliphatic imine (C=N–C) groups is 1. The molecule has 12 heavy (non-hydrogen) atoms. The van der Waals surface area contributed by atoms with Crippen molar-refractivity contribution in [2.45, 2.75) is 45.4 Å². The van der Waals surface area contributed by atoms with E-state index >= 15 is 0 Å². The van der Waals surface area contributed by atoms with Crippen molar-refractivity contribution in [1.29, 1.82) is 0 Å². The summed E-state index contributed by atoms with van der Waals surface area (Å²) in [7, 11) is 0. The molecule has 0 heterocycles. The SMILES string of the molecule is CCN=CCCCCCCCN. The van der Waals surface area contributed by atoms with Gasteiger partial charge in [-0.05, 0) is 38.9 Å². The van der Waals surface area contributed by atoms with Crippen molar-refractivity contribution in [2.75, 3.05) is 13.1 Å². The third kappa shape index (κ3) is 9.63. The Bertz CT molecular complexity index is 100. The van der Waals surface area contributed by atoms with Gasteiger partial charge in [0.1, 0.15) is 0 Å². The Morgan fingerprint density at radius 1 is 1.08 bits per heavy atom. The summed E-state index contributed by atoms with van der Waals surface area (Å²) in [6, 6.07) is 0. The summed E-state index contributed by atoms with van der Waals surface area (Å²) in [5.74, 6) is 0. The van der Waals surface area contributed by atoms with E-state index in [1.165, 1.54) is 32.1 Å². The van der Waals surface area contributed by atoms with Crippen LogP contribution >= 0.6 is 0 Å². The van der Waals surface area contributed by atoms with Gasteiger partial charge in [-0.1, -0.05) is 19.3 Å². The van der Waals surface area contributed by atoms with Crippen LogP contribution in [0.25, 0.3) is 0 Å². The summed E-state index contributed by atoms with van der Waals surface area (Å²) in [6.45, 7) is 3.84. The van der Waals surface area contributed by atoms with E-state index < -0.39 is 0 Å². The summed E-state index contributed by atoms with van der Waals surface area (Å²) in [5, 5.41) is 0. The topological polar surface area (TPSA) is 38.4 Å².